The van der Waals surface area contributed by atoms with Crippen molar-refractivity contribution in [3.05, 3.63) is 0 Å². The topological polar surface area (TPSA) is 40.5 Å². The molecule has 0 aromatic carbocycles. The number of carbonyl (C=O) groups excluding carboxylic acids is 1. The third-order valence-electron chi connectivity index (χ3n) is 6.81. The minimum atomic E-state index is -1.94. The predicted octanol–water partition coefficient (Wildman–Crippen LogP) is 5.03. The lowest BCUT2D eigenvalue weighted by Crippen LogP contribution is -2.75. The van der Waals surface area contributed by atoms with Crippen LogP contribution in [0.15, 0.2) is 0 Å². The van der Waals surface area contributed by atoms with Crippen LogP contribution in [0.4, 0.5) is 0 Å². The van der Waals surface area contributed by atoms with Gasteiger partial charge in [0.2, 0.25) is 5.91 Å². The number of nitrogens with zero attached hydrogens (tertiary/aromatic N) is 1. The summed E-state index contributed by atoms with van der Waals surface area (Å²) in [4.78, 5) is 13.1. The lowest BCUT2D eigenvalue weighted by atomic mass is 9.84. The van der Waals surface area contributed by atoms with E-state index >= 15 is 0 Å². The van der Waals surface area contributed by atoms with Crippen LogP contribution in [-0.2, 0) is 4.79 Å². The van der Waals surface area contributed by atoms with Gasteiger partial charge in [-0.25, -0.2) is 0 Å². The van der Waals surface area contributed by atoms with Crippen molar-refractivity contribution in [2.75, 3.05) is 11.5 Å². The van der Waals surface area contributed by atoms with Crippen LogP contribution < -0.4 is 0 Å². The van der Waals surface area contributed by atoms with Gasteiger partial charge in [0.15, 0.2) is 8.24 Å². The van der Waals surface area contributed by atoms with Gasteiger partial charge in [0.25, 0.3) is 0 Å². The molecule has 1 amide bonds. The third kappa shape index (κ3) is 3.84. The van der Waals surface area contributed by atoms with Crippen molar-refractivity contribution >= 4 is 45.7 Å². The summed E-state index contributed by atoms with van der Waals surface area (Å²) in [6.45, 7) is 20.7. The number of hydrogen-bond acceptors (Lipinski definition) is 4. The van der Waals surface area contributed by atoms with Gasteiger partial charge in [-0.15, -0.1) is 23.5 Å². The predicted molar refractivity (Wildman–Crippen MR) is 123 cm³/mol. The molecular formula is C19H39NO2S2Si2. The Kier molecular flexibility index (Phi) is 6.53. The summed E-state index contributed by atoms with van der Waals surface area (Å²) >= 11 is 4.30. The molecule has 152 valence electrons. The highest BCUT2D eigenvalue weighted by atomic mass is 32.2. The summed E-state index contributed by atoms with van der Waals surface area (Å²) < 4.78 is 2.52. The fourth-order valence-electron chi connectivity index (χ4n) is 4.07. The zero-order chi connectivity index (χ0) is 20.1. The lowest BCUT2D eigenvalue weighted by Gasteiger charge is -2.61. The minimum Gasteiger partial charge on any atom is -0.393 e. The van der Waals surface area contributed by atoms with Crippen LogP contribution in [0, 0.1) is 5.92 Å². The van der Waals surface area contributed by atoms with Crippen molar-refractivity contribution < 1.29 is 9.90 Å². The van der Waals surface area contributed by atoms with E-state index in [1.807, 2.05) is 0 Å². The zero-order valence-electron chi connectivity index (χ0n) is 18.2. The van der Waals surface area contributed by atoms with Crippen molar-refractivity contribution in [1.82, 2.24) is 4.57 Å². The number of thioether (sulfide) groups is 2. The molecule has 1 N–H and O–H groups in total. The number of rotatable bonds is 5. The first-order valence-electron chi connectivity index (χ1n) is 9.95. The molecule has 0 aliphatic carbocycles. The molecule has 2 heterocycles. The molecule has 0 bridgehead atoms. The molecule has 3 atom stereocenters. The van der Waals surface area contributed by atoms with Gasteiger partial charge in [0.05, 0.1) is 23.8 Å². The maximum atomic E-state index is 13.1. The van der Waals surface area contributed by atoms with E-state index in [1.54, 1.807) is 6.92 Å². The third-order valence-corrected chi connectivity index (χ3v) is 22.2. The Morgan fingerprint density at radius 2 is 1.69 bits per heavy atom. The Balaban J connectivity index is 2.39. The number of carbonyl (C=O) groups is 1. The van der Waals surface area contributed by atoms with E-state index in [0.29, 0.717) is 0 Å². The van der Waals surface area contributed by atoms with Gasteiger partial charge in [0, 0.05) is 6.04 Å². The Morgan fingerprint density at radius 3 is 2.08 bits per heavy atom. The largest absolute Gasteiger partial charge is 0.393 e. The summed E-state index contributed by atoms with van der Waals surface area (Å²) in [5, 5.41) is 10.5. The fourth-order valence-corrected chi connectivity index (χ4v) is 14.3. The van der Waals surface area contributed by atoms with E-state index in [-0.39, 0.29) is 26.6 Å². The second-order valence-electron chi connectivity index (χ2n) is 10.6. The maximum absolute atomic E-state index is 13.1. The fraction of sp³-hybridized carbons (Fsp3) is 0.947. The normalized spacial score (nSPS) is 28.7. The molecule has 0 saturated carbocycles. The van der Waals surface area contributed by atoms with Crippen LogP contribution in [0.3, 0.4) is 0 Å². The first kappa shape index (κ1) is 22.8. The molecule has 3 nitrogen and oxygen atoms in total. The van der Waals surface area contributed by atoms with E-state index < -0.39 is 22.4 Å². The highest BCUT2D eigenvalue weighted by Crippen LogP contribution is 2.55. The van der Waals surface area contributed by atoms with Crippen LogP contribution in [-0.4, -0.2) is 59.2 Å². The maximum Gasteiger partial charge on any atom is 0.222 e. The molecule has 0 aromatic rings. The number of aliphatic hydroxyl groups excluding tert-OH is 1. The number of β-lactam (4-membered cyclic amide) rings is 1. The van der Waals surface area contributed by atoms with Crippen LogP contribution in [0.25, 0.3) is 0 Å². The monoisotopic (exact) mass is 433 g/mol. The summed E-state index contributed by atoms with van der Waals surface area (Å²) in [6.07, 6.45) is 1.79. The molecule has 2 aliphatic rings. The second-order valence-corrected chi connectivity index (χ2v) is 24.8. The van der Waals surface area contributed by atoms with E-state index in [4.69, 9.17) is 0 Å². The van der Waals surface area contributed by atoms with E-state index in [0.717, 1.165) is 6.42 Å². The van der Waals surface area contributed by atoms with Gasteiger partial charge in [-0.05, 0) is 36.3 Å². The Bertz CT molecular complexity index is 535. The Morgan fingerprint density at radius 1 is 1.19 bits per heavy atom. The van der Waals surface area contributed by atoms with Crippen molar-refractivity contribution in [2.24, 2.45) is 5.92 Å². The Hall–Kier alpha value is 0.564. The molecule has 0 aromatic heterocycles. The average Bonchev–Trinajstić information content (AvgIpc) is 2.44. The summed E-state index contributed by atoms with van der Waals surface area (Å²) in [5.41, 5.74) is 0. The van der Waals surface area contributed by atoms with E-state index in [1.165, 1.54) is 17.9 Å². The average molecular weight is 434 g/mol. The molecular weight excluding hydrogens is 395 g/mol. The summed E-state index contributed by atoms with van der Waals surface area (Å²) in [7, 11) is -3.39. The molecule has 0 spiro atoms. The highest BCUT2D eigenvalue weighted by Gasteiger charge is 2.61. The first-order chi connectivity index (χ1) is 11.7. The molecule has 26 heavy (non-hydrogen) atoms. The molecule has 0 radical (unpaired) electrons. The summed E-state index contributed by atoms with van der Waals surface area (Å²) in [5.74, 6) is 2.46. The standard InChI is InChI=1S/C19H39NO2S2Si2/c1-14(21)16-15(20(17(16)22)26(8,9)18(2,3)4)13-19(25(5,6)7)23-11-10-12-24-19/h14-16,21H,10-13H2,1-9H3/t14-,15-,16-/m1/s1. The van der Waals surface area contributed by atoms with E-state index in [2.05, 4.69) is 81.6 Å². The summed E-state index contributed by atoms with van der Waals surface area (Å²) in [6, 6.07) is 0.202. The van der Waals surface area contributed by atoms with Crippen molar-refractivity contribution in [3.8, 4) is 0 Å². The smallest absolute Gasteiger partial charge is 0.222 e. The van der Waals surface area contributed by atoms with Crippen molar-refractivity contribution in [3.63, 3.8) is 0 Å². The quantitative estimate of drug-likeness (QED) is 0.487. The van der Waals surface area contributed by atoms with Crippen LogP contribution >= 0.6 is 23.5 Å². The molecule has 0 unspecified atom stereocenters. The molecule has 2 fully saturated rings. The van der Waals surface area contributed by atoms with Crippen molar-refractivity contribution in [1.29, 1.82) is 0 Å². The number of hydrogen-bond donors (Lipinski definition) is 1. The number of amides is 1. The van der Waals surface area contributed by atoms with Gasteiger partial charge in [0.1, 0.15) is 0 Å². The SMILES string of the molecule is C[C@@H](O)[C@H]1C(=O)N([Si](C)(C)C(C)(C)C)[C@@H]1CC1([Si](C)(C)C)SCCCS1. The molecule has 2 saturated heterocycles. The van der Waals surface area contributed by atoms with Gasteiger partial charge < -0.3 is 9.67 Å². The number of aliphatic hydroxyl groups is 1. The van der Waals surface area contributed by atoms with Gasteiger partial charge >= 0.3 is 0 Å². The van der Waals surface area contributed by atoms with Crippen molar-refractivity contribution in [2.45, 2.75) is 94.2 Å². The van der Waals surface area contributed by atoms with Gasteiger partial charge in [-0.2, -0.15) is 0 Å². The lowest BCUT2D eigenvalue weighted by molar-refractivity contribution is -0.155. The van der Waals surface area contributed by atoms with Crippen LogP contribution in [0.1, 0.15) is 40.5 Å². The van der Waals surface area contributed by atoms with Crippen LogP contribution in [0.2, 0.25) is 37.8 Å². The van der Waals surface area contributed by atoms with Gasteiger partial charge in [-0.3, -0.25) is 4.79 Å². The first-order valence-corrected chi connectivity index (χ1v) is 18.4. The zero-order valence-corrected chi connectivity index (χ0v) is 21.8. The van der Waals surface area contributed by atoms with E-state index in [9.17, 15) is 9.90 Å². The van der Waals surface area contributed by atoms with Gasteiger partial charge in [-0.1, -0.05) is 53.5 Å². The van der Waals surface area contributed by atoms with Crippen LogP contribution in [0.5, 0.6) is 0 Å². The molecule has 2 rings (SSSR count). The minimum absolute atomic E-state index is 0.129. The highest BCUT2D eigenvalue weighted by molar-refractivity contribution is 8.21. The molecule has 2 aliphatic heterocycles. The Labute approximate surface area is 171 Å². The second kappa shape index (κ2) is 7.43. The molecule has 7 heteroatoms.